The number of carbonyl (C=O) groups is 1. The summed E-state index contributed by atoms with van der Waals surface area (Å²) < 4.78 is 0. The molecule has 0 N–H and O–H groups in total. The Morgan fingerprint density at radius 3 is 2.21 bits per heavy atom. The highest BCUT2D eigenvalue weighted by Gasteiger charge is 2.18. The van der Waals surface area contributed by atoms with Crippen molar-refractivity contribution in [3.05, 3.63) is 89.6 Å². The molecule has 2 aromatic rings. The lowest BCUT2D eigenvalue weighted by atomic mass is 9.98. The summed E-state index contributed by atoms with van der Waals surface area (Å²) in [5.41, 5.74) is 4.84. The number of aryl methyl sites for hydroxylation is 1. The van der Waals surface area contributed by atoms with Gasteiger partial charge >= 0.3 is 0 Å². The number of nitrogens with zero attached hydrogens (tertiary/aromatic N) is 1. The maximum atomic E-state index is 12.4. The standard InChI is InChI=1S/C30H41NO2/c1-23(2)20-29(32)22-30(21-24(3)4)33-31(6)19-18-28(27-15-12-25(5)13-16-27)17-14-26-10-8-7-9-11-26/h7-13,15-19,23-24,30H,14,20-22H2,1-6H3/b19-18-,28-17+. The molecule has 33 heavy (non-hydrogen) atoms. The van der Waals surface area contributed by atoms with Gasteiger partial charge in [-0.2, -0.15) is 0 Å². The first-order valence-electron chi connectivity index (χ1n) is 12.1. The summed E-state index contributed by atoms with van der Waals surface area (Å²) in [7, 11) is 1.90. The maximum absolute atomic E-state index is 12.4. The third kappa shape index (κ3) is 10.7. The third-order valence-corrected chi connectivity index (χ3v) is 5.39. The zero-order chi connectivity index (χ0) is 24.2. The Labute approximate surface area is 201 Å². The van der Waals surface area contributed by atoms with Crippen molar-refractivity contribution in [1.82, 2.24) is 5.06 Å². The molecule has 0 aliphatic heterocycles. The molecule has 0 spiro atoms. The van der Waals surface area contributed by atoms with E-state index in [-0.39, 0.29) is 11.9 Å². The fourth-order valence-corrected chi connectivity index (χ4v) is 3.81. The molecule has 0 amide bonds. The molecule has 0 saturated carbocycles. The summed E-state index contributed by atoms with van der Waals surface area (Å²) in [6.07, 6.45) is 8.98. The molecule has 0 saturated heterocycles. The van der Waals surface area contributed by atoms with Crippen LogP contribution < -0.4 is 0 Å². The predicted octanol–water partition coefficient (Wildman–Crippen LogP) is 7.42. The molecule has 1 unspecified atom stereocenters. The Morgan fingerprint density at radius 2 is 1.61 bits per heavy atom. The van der Waals surface area contributed by atoms with E-state index in [2.05, 4.69) is 95.3 Å². The number of carbonyl (C=O) groups excluding carboxylic acids is 1. The molecule has 178 valence electrons. The summed E-state index contributed by atoms with van der Waals surface area (Å²) in [6, 6.07) is 19.1. The number of rotatable bonds is 13. The van der Waals surface area contributed by atoms with Gasteiger partial charge in [0.2, 0.25) is 0 Å². The van der Waals surface area contributed by atoms with Crippen LogP contribution in [0.1, 0.15) is 63.6 Å². The number of ketones is 1. The summed E-state index contributed by atoms with van der Waals surface area (Å²) in [6.45, 7) is 10.6. The van der Waals surface area contributed by atoms with Gasteiger partial charge in [-0.25, -0.2) is 0 Å². The van der Waals surface area contributed by atoms with E-state index >= 15 is 0 Å². The lowest BCUT2D eigenvalue weighted by molar-refractivity contribution is -0.160. The Kier molecular flexibility index (Phi) is 11.1. The monoisotopic (exact) mass is 447 g/mol. The number of Topliss-reactive ketones (excluding diaryl/α,β-unsaturated/α-hetero) is 1. The second-order valence-corrected chi connectivity index (χ2v) is 9.77. The highest BCUT2D eigenvalue weighted by Crippen LogP contribution is 2.20. The van der Waals surface area contributed by atoms with Gasteiger partial charge in [-0.05, 0) is 54.4 Å². The molecule has 0 bridgehead atoms. The van der Waals surface area contributed by atoms with Crippen LogP contribution in [0.25, 0.3) is 5.57 Å². The summed E-state index contributed by atoms with van der Waals surface area (Å²) in [5, 5.41) is 1.75. The lowest BCUT2D eigenvalue weighted by Crippen LogP contribution is -2.27. The van der Waals surface area contributed by atoms with Crippen LogP contribution in [0.5, 0.6) is 0 Å². The molecule has 2 rings (SSSR count). The molecular formula is C30H41NO2. The van der Waals surface area contributed by atoms with Crippen LogP contribution in [-0.4, -0.2) is 24.0 Å². The Hall–Kier alpha value is -2.65. The fourth-order valence-electron chi connectivity index (χ4n) is 3.81. The number of allylic oxidation sites excluding steroid dienone is 3. The smallest absolute Gasteiger partial charge is 0.135 e. The van der Waals surface area contributed by atoms with Gasteiger partial charge in [-0.1, -0.05) is 93.9 Å². The van der Waals surface area contributed by atoms with Crippen molar-refractivity contribution in [3.63, 3.8) is 0 Å². The molecule has 3 nitrogen and oxygen atoms in total. The predicted molar refractivity (Wildman–Crippen MR) is 140 cm³/mol. The van der Waals surface area contributed by atoms with Gasteiger partial charge in [0.1, 0.15) is 5.78 Å². The van der Waals surface area contributed by atoms with E-state index < -0.39 is 0 Å². The molecular weight excluding hydrogens is 406 g/mol. The van der Waals surface area contributed by atoms with Gasteiger partial charge < -0.3 is 0 Å². The van der Waals surface area contributed by atoms with Crippen molar-refractivity contribution >= 4 is 11.4 Å². The molecule has 0 fully saturated rings. The van der Waals surface area contributed by atoms with E-state index in [0.717, 1.165) is 18.4 Å². The van der Waals surface area contributed by atoms with Crippen molar-refractivity contribution < 1.29 is 9.63 Å². The second kappa shape index (κ2) is 13.8. The Morgan fingerprint density at radius 1 is 0.939 bits per heavy atom. The van der Waals surface area contributed by atoms with Crippen LogP contribution in [0.4, 0.5) is 0 Å². The Bertz CT molecular complexity index is 895. The quantitative estimate of drug-likeness (QED) is 0.236. The van der Waals surface area contributed by atoms with E-state index in [1.807, 2.05) is 19.3 Å². The maximum Gasteiger partial charge on any atom is 0.135 e. The molecule has 0 heterocycles. The minimum absolute atomic E-state index is 0.109. The molecule has 0 aliphatic rings. The molecule has 1 atom stereocenters. The number of hydroxylamine groups is 2. The Balaban J connectivity index is 2.13. The van der Waals surface area contributed by atoms with E-state index in [1.165, 1.54) is 16.7 Å². The normalized spacial score (nSPS) is 13.2. The molecule has 0 radical (unpaired) electrons. The molecule has 0 aliphatic carbocycles. The van der Waals surface area contributed by atoms with Gasteiger partial charge in [0.15, 0.2) is 0 Å². The van der Waals surface area contributed by atoms with E-state index in [1.54, 1.807) is 5.06 Å². The minimum atomic E-state index is -0.109. The largest absolute Gasteiger partial charge is 0.300 e. The molecule has 2 aromatic carbocycles. The number of hydrogen-bond donors (Lipinski definition) is 0. The number of hydrogen-bond acceptors (Lipinski definition) is 3. The third-order valence-electron chi connectivity index (χ3n) is 5.39. The van der Waals surface area contributed by atoms with Crippen LogP contribution >= 0.6 is 0 Å². The zero-order valence-corrected chi connectivity index (χ0v) is 21.3. The van der Waals surface area contributed by atoms with Crippen LogP contribution in [0.3, 0.4) is 0 Å². The topological polar surface area (TPSA) is 29.5 Å². The van der Waals surface area contributed by atoms with Gasteiger partial charge in [-0.15, -0.1) is 0 Å². The second-order valence-electron chi connectivity index (χ2n) is 9.77. The van der Waals surface area contributed by atoms with Gasteiger partial charge in [0.25, 0.3) is 0 Å². The molecule has 3 heteroatoms. The van der Waals surface area contributed by atoms with Gasteiger partial charge in [0, 0.05) is 26.1 Å². The van der Waals surface area contributed by atoms with E-state index in [4.69, 9.17) is 4.84 Å². The highest BCUT2D eigenvalue weighted by molar-refractivity contribution is 5.79. The molecule has 0 aromatic heterocycles. The number of benzene rings is 2. The summed E-state index contributed by atoms with van der Waals surface area (Å²) >= 11 is 0. The van der Waals surface area contributed by atoms with E-state index in [9.17, 15) is 4.79 Å². The van der Waals surface area contributed by atoms with Gasteiger partial charge in [0.05, 0.1) is 6.10 Å². The first kappa shape index (κ1) is 26.6. The van der Waals surface area contributed by atoms with Crippen LogP contribution in [0.2, 0.25) is 0 Å². The van der Waals surface area contributed by atoms with E-state index in [0.29, 0.717) is 24.7 Å². The summed E-state index contributed by atoms with van der Waals surface area (Å²) in [4.78, 5) is 18.6. The average molecular weight is 448 g/mol. The fraction of sp³-hybridized carbons (Fsp3) is 0.433. The van der Waals surface area contributed by atoms with Crippen molar-refractivity contribution in [1.29, 1.82) is 0 Å². The first-order chi connectivity index (χ1) is 15.7. The zero-order valence-electron chi connectivity index (χ0n) is 21.3. The summed E-state index contributed by atoms with van der Waals surface area (Å²) in [5.74, 6) is 1.12. The average Bonchev–Trinajstić information content (AvgIpc) is 2.74. The van der Waals surface area contributed by atoms with Crippen molar-refractivity contribution in [2.45, 2.75) is 66.4 Å². The highest BCUT2D eigenvalue weighted by atomic mass is 16.7. The van der Waals surface area contributed by atoms with Crippen LogP contribution in [0, 0.1) is 18.8 Å². The van der Waals surface area contributed by atoms with Crippen molar-refractivity contribution in [2.75, 3.05) is 7.05 Å². The van der Waals surface area contributed by atoms with Gasteiger partial charge in [-0.3, -0.25) is 14.7 Å². The first-order valence-corrected chi connectivity index (χ1v) is 12.1. The van der Waals surface area contributed by atoms with Crippen molar-refractivity contribution in [2.24, 2.45) is 11.8 Å². The van der Waals surface area contributed by atoms with Crippen molar-refractivity contribution in [3.8, 4) is 0 Å². The lowest BCUT2D eigenvalue weighted by Gasteiger charge is -2.24. The van der Waals surface area contributed by atoms with Crippen LogP contribution in [0.15, 0.2) is 72.9 Å². The van der Waals surface area contributed by atoms with Crippen LogP contribution in [-0.2, 0) is 16.1 Å². The minimum Gasteiger partial charge on any atom is -0.300 e. The SMILES string of the molecule is Cc1ccc(C(/C=C\N(C)OC(CC(=O)CC(C)C)CC(C)C)=C/Cc2ccccc2)cc1.